The van der Waals surface area contributed by atoms with Crippen LogP contribution in [-0.2, 0) is 17.6 Å². The Morgan fingerprint density at radius 1 is 1.53 bits per heavy atom. The molecule has 0 unspecified atom stereocenters. The zero-order valence-electron chi connectivity index (χ0n) is 9.62. The number of rotatable bonds is 2. The number of thiophene rings is 1. The molecule has 5 heteroatoms. The van der Waals surface area contributed by atoms with E-state index in [1.165, 1.54) is 16.2 Å². The number of hydrogen-bond acceptors (Lipinski definition) is 3. The van der Waals surface area contributed by atoms with Crippen molar-refractivity contribution in [3.63, 3.8) is 0 Å². The fraction of sp³-hybridized carbons (Fsp3) is 0.500. The molecule has 0 aliphatic heterocycles. The van der Waals surface area contributed by atoms with Crippen molar-refractivity contribution >= 4 is 33.8 Å². The van der Waals surface area contributed by atoms with E-state index in [4.69, 9.17) is 11.6 Å². The molecule has 1 amide bonds. The summed E-state index contributed by atoms with van der Waals surface area (Å²) in [5, 5.41) is 10.0. The molecule has 0 aromatic carbocycles. The number of nitrogens with zero attached hydrogens (tertiary/aromatic N) is 2. The fourth-order valence-corrected chi connectivity index (χ4v) is 3.60. The molecule has 0 spiro atoms. The zero-order chi connectivity index (χ0) is 12.4. The second-order valence-corrected chi connectivity index (χ2v) is 5.44. The number of nitriles is 1. The molecular weight excluding hydrogens is 256 g/mol. The highest BCUT2D eigenvalue weighted by Crippen LogP contribution is 2.39. The van der Waals surface area contributed by atoms with Crippen LogP contribution >= 0.6 is 22.9 Å². The number of amides is 1. The summed E-state index contributed by atoms with van der Waals surface area (Å²) in [5.74, 6) is -0.217. The molecule has 2 rings (SSSR count). The number of hydrogen-bond donors (Lipinski definition) is 0. The summed E-state index contributed by atoms with van der Waals surface area (Å²) >= 11 is 7.11. The highest BCUT2D eigenvalue weighted by molar-refractivity contribution is 7.16. The first kappa shape index (κ1) is 12.4. The van der Waals surface area contributed by atoms with Crippen molar-refractivity contribution in [3.05, 3.63) is 16.0 Å². The van der Waals surface area contributed by atoms with Gasteiger partial charge in [-0.1, -0.05) is 0 Å². The maximum absolute atomic E-state index is 11.6. The van der Waals surface area contributed by atoms with Crippen LogP contribution in [0.1, 0.15) is 28.8 Å². The molecule has 1 aromatic rings. The molecule has 1 aromatic heterocycles. The van der Waals surface area contributed by atoms with Gasteiger partial charge in [0.05, 0.1) is 5.56 Å². The number of anilines is 1. The van der Waals surface area contributed by atoms with Gasteiger partial charge in [0.25, 0.3) is 0 Å². The van der Waals surface area contributed by atoms with Crippen LogP contribution in [0.2, 0.25) is 0 Å². The van der Waals surface area contributed by atoms with Gasteiger partial charge >= 0.3 is 0 Å². The smallest absolute Gasteiger partial charge is 0.242 e. The number of fused-ring (bicyclic) bond motifs is 1. The van der Waals surface area contributed by atoms with E-state index in [1.807, 2.05) is 0 Å². The number of halogens is 1. The SMILES string of the molecule is CN(C(=O)CCl)c1sc2c(c1C#N)CCCC2. The van der Waals surface area contributed by atoms with E-state index in [-0.39, 0.29) is 11.8 Å². The second kappa shape index (κ2) is 5.07. The van der Waals surface area contributed by atoms with Gasteiger partial charge < -0.3 is 4.90 Å². The summed E-state index contributed by atoms with van der Waals surface area (Å²) in [6.07, 6.45) is 4.28. The van der Waals surface area contributed by atoms with Gasteiger partial charge in [-0.25, -0.2) is 0 Å². The van der Waals surface area contributed by atoms with Gasteiger partial charge in [0, 0.05) is 11.9 Å². The maximum atomic E-state index is 11.6. The lowest BCUT2D eigenvalue weighted by atomic mass is 9.96. The van der Waals surface area contributed by atoms with Gasteiger partial charge in [0.2, 0.25) is 5.91 Å². The van der Waals surface area contributed by atoms with E-state index in [9.17, 15) is 10.1 Å². The van der Waals surface area contributed by atoms with Crippen LogP contribution in [0.15, 0.2) is 0 Å². The Morgan fingerprint density at radius 3 is 2.88 bits per heavy atom. The van der Waals surface area contributed by atoms with Crippen LogP contribution in [-0.4, -0.2) is 18.8 Å². The van der Waals surface area contributed by atoms with E-state index in [2.05, 4.69) is 6.07 Å². The van der Waals surface area contributed by atoms with Gasteiger partial charge in [-0.15, -0.1) is 22.9 Å². The van der Waals surface area contributed by atoms with Crippen molar-refractivity contribution in [3.8, 4) is 6.07 Å². The van der Waals surface area contributed by atoms with E-state index in [1.54, 1.807) is 18.4 Å². The lowest BCUT2D eigenvalue weighted by Crippen LogP contribution is -2.27. The molecule has 90 valence electrons. The van der Waals surface area contributed by atoms with E-state index in [0.29, 0.717) is 5.56 Å². The molecule has 0 N–H and O–H groups in total. The Hall–Kier alpha value is -1.05. The van der Waals surface area contributed by atoms with E-state index >= 15 is 0 Å². The zero-order valence-corrected chi connectivity index (χ0v) is 11.2. The van der Waals surface area contributed by atoms with Gasteiger partial charge in [0.1, 0.15) is 17.0 Å². The molecule has 17 heavy (non-hydrogen) atoms. The van der Waals surface area contributed by atoms with Crippen LogP contribution in [0.5, 0.6) is 0 Å². The van der Waals surface area contributed by atoms with Crippen molar-refractivity contribution in [2.75, 3.05) is 17.8 Å². The minimum atomic E-state index is -0.165. The second-order valence-electron chi connectivity index (χ2n) is 4.09. The maximum Gasteiger partial charge on any atom is 0.242 e. The Balaban J connectivity index is 2.44. The highest BCUT2D eigenvalue weighted by atomic mass is 35.5. The molecule has 3 nitrogen and oxygen atoms in total. The molecule has 0 atom stereocenters. The van der Waals surface area contributed by atoms with Crippen LogP contribution in [0.4, 0.5) is 5.00 Å². The lowest BCUT2D eigenvalue weighted by molar-refractivity contribution is -0.115. The summed E-state index contributed by atoms with van der Waals surface area (Å²) in [6, 6.07) is 2.24. The van der Waals surface area contributed by atoms with Crippen molar-refractivity contribution in [1.82, 2.24) is 0 Å². The third-order valence-electron chi connectivity index (χ3n) is 3.06. The van der Waals surface area contributed by atoms with Crippen LogP contribution in [0, 0.1) is 11.3 Å². The average Bonchev–Trinajstić information content (AvgIpc) is 2.75. The van der Waals surface area contributed by atoms with Gasteiger partial charge in [-0.05, 0) is 31.2 Å². The minimum Gasteiger partial charge on any atom is -0.305 e. The molecule has 1 aliphatic rings. The largest absolute Gasteiger partial charge is 0.305 e. The molecular formula is C12H13ClN2OS. The molecule has 1 heterocycles. The first-order chi connectivity index (χ1) is 8.19. The van der Waals surface area contributed by atoms with Gasteiger partial charge in [-0.2, -0.15) is 5.26 Å². The number of carbonyl (C=O) groups excluding carboxylic acids is 1. The highest BCUT2D eigenvalue weighted by Gasteiger charge is 2.24. The third kappa shape index (κ3) is 2.18. The van der Waals surface area contributed by atoms with Gasteiger partial charge in [-0.3, -0.25) is 4.79 Å². The first-order valence-electron chi connectivity index (χ1n) is 5.56. The molecule has 0 saturated carbocycles. The molecule has 0 saturated heterocycles. The Morgan fingerprint density at radius 2 is 2.24 bits per heavy atom. The number of aryl methyl sites for hydroxylation is 1. The predicted molar refractivity (Wildman–Crippen MR) is 69.8 cm³/mol. The predicted octanol–water partition coefficient (Wildman–Crippen LogP) is 2.70. The third-order valence-corrected chi connectivity index (χ3v) is 4.65. The molecule has 0 fully saturated rings. The summed E-state index contributed by atoms with van der Waals surface area (Å²) in [7, 11) is 1.68. The summed E-state index contributed by atoms with van der Waals surface area (Å²) in [4.78, 5) is 14.4. The van der Waals surface area contributed by atoms with E-state index < -0.39 is 0 Å². The number of carbonyl (C=O) groups is 1. The van der Waals surface area contributed by atoms with Gasteiger partial charge in [0.15, 0.2) is 0 Å². The average molecular weight is 269 g/mol. The minimum absolute atomic E-state index is 0.0517. The Kier molecular flexibility index (Phi) is 3.70. The quantitative estimate of drug-likeness (QED) is 0.774. The Labute approximate surface area is 110 Å². The topological polar surface area (TPSA) is 44.1 Å². The normalized spacial score (nSPS) is 13.9. The summed E-state index contributed by atoms with van der Waals surface area (Å²) < 4.78 is 0. The van der Waals surface area contributed by atoms with Crippen LogP contribution in [0.3, 0.4) is 0 Å². The number of alkyl halides is 1. The molecule has 0 radical (unpaired) electrons. The van der Waals surface area contributed by atoms with Crippen molar-refractivity contribution in [2.45, 2.75) is 25.7 Å². The van der Waals surface area contributed by atoms with Crippen molar-refractivity contribution in [1.29, 1.82) is 5.26 Å². The molecule has 0 bridgehead atoms. The van der Waals surface area contributed by atoms with Crippen LogP contribution in [0.25, 0.3) is 0 Å². The van der Waals surface area contributed by atoms with Crippen molar-refractivity contribution < 1.29 is 4.79 Å². The summed E-state index contributed by atoms with van der Waals surface area (Å²) in [5.41, 5.74) is 1.82. The van der Waals surface area contributed by atoms with Crippen molar-refractivity contribution in [2.24, 2.45) is 0 Å². The molecule has 1 aliphatic carbocycles. The first-order valence-corrected chi connectivity index (χ1v) is 6.91. The lowest BCUT2D eigenvalue weighted by Gasteiger charge is -2.14. The summed E-state index contributed by atoms with van der Waals surface area (Å²) in [6.45, 7) is 0. The monoisotopic (exact) mass is 268 g/mol. The standard InChI is InChI=1S/C12H13ClN2OS/c1-15(11(16)6-13)12-9(7-14)8-4-2-3-5-10(8)17-12/h2-6H2,1H3. The fourth-order valence-electron chi connectivity index (χ4n) is 2.11. The Bertz CT molecular complexity index is 489. The van der Waals surface area contributed by atoms with E-state index in [0.717, 1.165) is 29.8 Å². The van der Waals surface area contributed by atoms with Crippen LogP contribution < -0.4 is 4.90 Å².